The van der Waals surface area contributed by atoms with Crippen molar-refractivity contribution < 1.29 is 14.3 Å². The van der Waals surface area contributed by atoms with Crippen molar-refractivity contribution in [1.29, 1.82) is 0 Å². The Hall–Kier alpha value is -2.69. The molecule has 2 N–H and O–H groups in total. The third kappa shape index (κ3) is 3.14. The first-order valence-electron chi connectivity index (χ1n) is 7.03. The zero-order chi connectivity index (χ0) is 15.5. The largest absolute Gasteiger partial charge is 0.506 e. The number of nitrogens with one attached hydrogen (secondary N) is 1. The van der Waals surface area contributed by atoms with Gasteiger partial charge in [0, 0.05) is 12.3 Å². The molecule has 1 heterocycles. The Kier molecular flexibility index (Phi) is 3.87. The monoisotopic (exact) mass is 298 g/mol. The first kappa shape index (κ1) is 14.3. The number of rotatable bonds is 3. The topological polar surface area (TPSA) is 62.2 Å². The molecule has 0 aliphatic heterocycles. The van der Waals surface area contributed by atoms with Gasteiger partial charge in [-0.05, 0) is 53.8 Å². The molecule has 0 saturated carbocycles. The van der Waals surface area contributed by atoms with E-state index in [1.165, 1.54) is 30.5 Å². The van der Waals surface area contributed by atoms with E-state index in [0.717, 1.165) is 24.0 Å². The van der Waals surface area contributed by atoms with Gasteiger partial charge in [0.25, 0.3) is 0 Å². The van der Waals surface area contributed by atoms with Crippen LogP contribution in [0.2, 0.25) is 0 Å². The standard InChI is InChI=1S/C17H15FN2O2/c18-13-3-4-15-12(8-13)2-5-16(15)20-17(22)6-1-11-7-14(21)10-19-9-11/h1,3-4,6-10,16,21H,2,5H2,(H,20,22)/b6-1+. The number of benzene rings is 1. The number of carbonyl (C=O) groups is 1. The Morgan fingerprint density at radius 1 is 1.36 bits per heavy atom. The van der Waals surface area contributed by atoms with Crippen molar-refractivity contribution in [2.24, 2.45) is 0 Å². The van der Waals surface area contributed by atoms with Gasteiger partial charge in [0.1, 0.15) is 11.6 Å². The lowest BCUT2D eigenvalue weighted by atomic mass is 10.1. The van der Waals surface area contributed by atoms with E-state index in [2.05, 4.69) is 10.3 Å². The molecular weight excluding hydrogens is 283 g/mol. The fraction of sp³-hybridized carbons (Fsp3) is 0.176. The van der Waals surface area contributed by atoms with Crippen LogP contribution in [0.15, 0.2) is 42.7 Å². The number of amides is 1. The minimum atomic E-state index is -0.248. The predicted octanol–water partition coefficient (Wildman–Crippen LogP) is 2.74. The van der Waals surface area contributed by atoms with E-state index in [-0.39, 0.29) is 23.5 Å². The van der Waals surface area contributed by atoms with Gasteiger partial charge in [-0.3, -0.25) is 9.78 Å². The molecule has 1 unspecified atom stereocenters. The molecule has 5 heteroatoms. The van der Waals surface area contributed by atoms with Crippen LogP contribution in [-0.2, 0) is 11.2 Å². The molecule has 2 aromatic rings. The summed E-state index contributed by atoms with van der Waals surface area (Å²) in [6.07, 6.45) is 7.40. The molecule has 0 spiro atoms. The van der Waals surface area contributed by atoms with Crippen LogP contribution in [0.1, 0.15) is 29.2 Å². The molecule has 3 rings (SSSR count). The molecule has 0 saturated heterocycles. The van der Waals surface area contributed by atoms with Gasteiger partial charge in [-0.15, -0.1) is 0 Å². The van der Waals surface area contributed by atoms with E-state index in [1.54, 1.807) is 18.3 Å². The van der Waals surface area contributed by atoms with Gasteiger partial charge in [-0.25, -0.2) is 4.39 Å². The van der Waals surface area contributed by atoms with E-state index >= 15 is 0 Å². The number of aryl methyl sites for hydroxylation is 1. The fourth-order valence-corrected chi connectivity index (χ4v) is 2.66. The van der Waals surface area contributed by atoms with Gasteiger partial charge in [0.05, 0.1) is 12.2 Å². The summed E-state index contributed by atoms with van der Waals surface area (Å²) < 4.78 is 13.2. The van der Waals surface area contributed by atoms with Gasteiger partial charge in [0.15, 0.2) is 0 Å². The second-order valence-electron chi connectivity index (χ2n) is 5.25. The number of hydrogen-bond acceptors (Lipinski definition) is 3. The lowest BCUT2D eigenvalue weighted by Gasteiger charge is -2.12. The zero-order valence-corrected chi connectivity index (χ0v) is 11.8. The normalized spacial score (nSPS) is 16.7. The molecule has 4 nitrogen and oxygen atoms in total. The highest BCUT2D eigenvalue weighted by atomic mass is 19.1. The van der Waals surface area contributed by atoms with E-state index in [9.17, 15) is 14.3 Å². The smallest absolute Gasteiger partial charge is 0.244 e. The summed E-state index contributed by atoms with van der Waals surface area (Å²) in [5, 5.41) is 12.2. The van der Waals surface area contributed by atoms with E-state index in [4.69, 9.17) is 0 Å². The average Bonchev–Trinajstić information content (AvgIpc) is 2.87. The number of nitrogens with zero attached hydrogens (tertiary/aromatic N) is 1. The van der Waals surface area contributed by atoms with Gasteiger partial charge in [-0.1, -0.05) is 6.07 Å². The Balaban J connectivity index is 1.66. The maximum Gasteiger partial charge on any atom is 0.244 e. The highest BCUT2D eigenvalue weighted by molar-refractivity contribution is 5.92. The van der Waals surface area contributed by atoms with Crippen LogP contribution in [0.5, 0.6) is 5.75 Å². The number of halogens is 1. The number of carbonyl (C=O) groups excluding carboxylic acids is 1. The average molecular weight is 298 g/mol. The van der Waals surface area contributed by atoms with E-state index in [0.29, 0.717) is 5.56 Å². The summed E-state index contributed by atoms with van der Waals surface area (Å²) in [4.78, 5) is 15.8. The number of aromatic hydroxyl groups is 1. The quantitative estimate of drug-likeness (QED) is 0.857. The SMILES string of the molecule is O=C(/C=C/c1cncc(O)c1)NC1CCc2cc(F)ccc21. The van der Waals surface area contributed by atoms with Crippen LogP contribution in [0.3, 0.4) is 0 Å². The van der Waals surface area contributed by atoms with Gasteiger partial charge in [-0.2, -0.15) is 0 Å². The molecule has 0 radical (unpaired) electrons. The first-order chi connectivity index (χ1) is 10.6. The van der Waals surface area contributed by atoms with E-state index in [1.807, 2.05) is 0 Å². The second kappa shape index (κ2) is 5.97. The summed E-state index contributed by atoms with van der Waals surface area (Å²) in [7, 11) is 0. The van der Waals surface area contributed by atoms with Crippen LogP contribution in [0.4, 0.5) is 4.39 Å². The lowest BCUT2D eigenvalue weighted by Crippen LogP contribution is -2.25. The summed E-state index contributed by atoms with van der Waals surface area (Å²) in [5.74, 6) is -0.429. The fourth-order valence-electron chi connectivity index (χ4n) is 2.66. The van der Waals surface area contributed by atoms with Gasteiger partial charge in [0.2, 0.25) is 5.91 Å². The Bertz CT molecular complexity index is 743. The van der Waals surface area contributed by atoms with Gasteiger partial charge < -0.3 is 10.4 Å². The predicted molar refractivity (Wildman–Crippen MR) is 80.5 cm³/mol. The van der Waals surface area contributed by atoms with Crippen molar-refractivity contribution in [1.82, 2.24) is 10.3 Å². The van der Waals surface area contributed by atoms with Crippen molar-refractivity contribution in [3.8, 4) is 5.75 Å². The molecule has 1 amide bonds. The molecule has 1 aliphatic rings. The molecular formula is C17H15FN2O2. The molecule has 1 aromatic carbocycles. The summed E-state index contributed by atoms with van der Waals surface area (Å²) in [6.45, 7) is 0. The Morgan fingerprint density at radius 2 is 2.23 bits per heavy atom. The van der Waals surface area contributed by atoms with Crippen molar-refractivity contribution in [3.05, 3.63) is 65.2 Å². The van der Waals surface area contributed by atoms with Gasteiger partial charge >= 0.3 is 0 Å². The third-order valence-electron chi connectivity index (χ3n) is 3.67. The maximum absolute atomic E-state index is 13.2. The van der Waals surface area contributed by atoms with Crippen LogP contribution in [0, 0.1) is 5.82 Å². The van der Waals surface area contributed by atoms with Crippen molar-refractivity contribution in [2.45, 2.75) is 18.9 Å². The number of pyridine rings is 1. The van der Waals surface area contributed by atoms with Crippen LogP contribution in [0.25, 0.3) is 6.08 Å². The number of aromatic nitrogens is 1. The molecule has 1 atom stereocenters. The summed E-state index contributed by atoms with van der Waals surface area (Å²) in [6, 6.07) is 6.10. The third-order valence-corrected chi connectivity index (χ3v) is 3.67. The molecule has 1 aromatic heterocycles. The molecule has 1 aliphatic carbocycles. The van der Waals surface area contributed by atoms with Crippen molar-refractivity contribution >= 4 is 12.0 Å². The summed E-state index contributed by atoms with van der Waals surface area (Å²) >= 11 is 0. The Labute approximate surface area is 127 Å². The summed E-state index contributed by atoms with van der Waals surface area (Å²) in [5.41, 5.74) is 2.57. The van der Waals surface area contributed by atoms with Crippen molar-refractivity contribution in [2.75, 3.05) is 0 Å². The van der Waals surface area contributed by atoms with Crippen molar-refractivity contribution in [3.63, 3.8) is 0 Å². The highest BCUT2D eigenvalue weighted by Gasteiger charge is 2.23. The minimum Gasteiger partial charge on any atom is -0.506 e. The van der Waals surface area contributed by atoms with E-state index < -0.39 is 0 Å². The van der Waals surface area contributed by atoms with Crippen LogP contribution >= 0.6 is 0 Å². The number of fused-ring (bicyclic) bond motifs is 1. The second-order valence-corrected chi connectivity index (χ2v) is 5.25. The molecule has 0 bridgehead atoms. The molecule has 112 valence electrons. The molecule has 0 fully saturated rings. The highest BCUT2D eigenvalue weighted by Crippen LogP contribution is 2.31. The lowest BCUT2D eigenvalue weighted by molar-refractivity contribution is -0.117. The first-order valence-corrected chi connectivity index (χ1v) is 7.03. The number of hydrogen-bond donors (Lipinski definition) is 2. The Morgan fingerprint density at radius 3 is 3.05 bits per heavy atom. The van der Waals surface area contributed by atoms with Crippen LogP contribution in [-0.4, -0.2) is 16.0 Å². The minimum absolute atomic E-state index is 0.0503. The zero-order valence-electron chi connectivity index (χ0n) is 11.8. The molecule has 22 heavy (non-hydrogen) atoms. The van der Waals surface area contributed by atoms with Crippen LogP contribution < -0.4 is 5.32 Å². The maximum atomic E-state index is 13.2.